The predicted molar refractivity (Wildman–Crippen MR) is 73.1 cm³/mol. The Labute approximate surface area is 107 Å². The zero-order valence-corrected chi connectivity index (χ0v) is 10.5. The minimum atomic E-state index is 0.760. The first-order valence-electron chi connectivity index (χ1n) is 5.54. The van der Waals surface area contributed by atoms with E-state index in [1.165, 1.54) is 5.56 Å². The van der Waals surface area contributed by atoms with Crippen LogP contribution in [0.1, 0.15) is 11.1 Å². The molecule has 2 nitrogen and oxygen atoms in total. The Balaban J connectivity index is 1.90. The van der Waals surface area contributed by atoms with Gasteiger partial charge in [0.15, 0.2) is 0 Å². The molecule has 0 atom stereocenters. The fourth-order valence-corrected chi connectivity index (χ4v) is 1.83. The van der Waals surface area contributed by atoms with Crippen LogP contribution in [0.25, 0.3) is 0 Å². The van der Waals surface area contributed by atoms with E-state index < -0.39 is 0 Å². The summed E-state index contributed by atoms with van der Waals surface area (Å²) >= 11 is 5.90. The molecule has 0 unspecified atom stereocenters. The number of rotatable bonds is 4. The second kappa shape index (κ2) is 5.71. The third-order valence-electron chi connectivity index (χ3n) is 2.55. The van der Waals surface area contributed by atoms with Crippen molar-refractivity contribution in [3.8, 4) is 0 Å². The van der Waals surface area contributed by atoms with E-state index in [0.29, 0.717) is 0 Å². The third-order valence-corrected chi connectivity index (χ3v) is 2.78. The van der Waals surface area contributed by atoms with Gasteiger partial charge in [-0.25, -0.2) is 5.43 Å². The molecule has 0 aliphatic heterocycles. The first kappa shape index (κ1) is 12.0. The first-order valence-corrected chi connectivity index (χ1v) is 5.92. The van der Waals surface area contributed by atoms with E-state index >= 15 is 0 Å². The van der Waals surface area contributed by atoms with Crippen LogP contribution in [-0.4, -0.2) is 0 Å². The van der Waals surface area contributed by atoms with Gasteiger partial charge in [0, 0.05) is 11.6 Å². The molecule has 0 bridgehead atoms. The lowest BCUT2D eigenvalue weighted by Crippen LogP contribution is -2.21. The molecule has 0 fully saturated rings. The largest absolute Gasteiger partial charge is 0.321 e. The highest BCUT2D eigenvalue weighted by molar-refractivity contribution is 6.30. The summed E-state index contributed by atoms with van der Waals surface area (Å²) in [5.74, 6) is 0. The number of nitrogens with one attached hydrogen (secondary N) is 2. The van der Waals surface area contributed by atoms with Gasteiger partial charge in [0.1, 0.15) is 0 Å². The van der Waals surface area contributed by atoms with Gasteiger partial charge < -0.3 is 5.43 Å². The highest BCUT2D eigenvalue weighted by Gasteiger charge is 1.97. The van der Waals surface area contributed by atoms with Crippen LogP contribution in [0.15, 0.2) is 48.5 Å². The van der Waals surface area contributed by atoms with Crippen molar-refractivity contribution in [1.82, 2.24) is 5.43 Å². The first-order chi connectivity index (χ1) is 8.25. The summed E-state index contributed by atoms with van der Waals surface area (Å²) in [4.78, 5) is 0. The maximum atomic E-state index is 5.90. The van der Waals surface area contributed by atoms with E-state index in [2.05, 4.69) is 23.0 Å². The Bertz CT molecular complexity index is 483. The van der Waals surface area contributed by atoms with Gasteiger partial charge in [0.05, 0.1) is 5.69 Å². The maximum absolute atomic E-state index is 5.90. The van der Waals surface area contributed by atoms with E-state index in [-0.39, 0.29) is 0 Å². The van der Waals surface area contributed by atoms with Crippen molar-refractivity contribution in [1.29, 1.82) is 0 Å². The van der Waals surface area contributed by atoms with E-state index in [0.717, 1.165) is 22.8 Å². The van der Waals surface area contributed by atoms with Crippen LogP contribution in [-0.2, 0) is 6.54 Å². The van der Waals surface area contributed by atoms with Crippen LogP contribution in [0.3, 0.4) is 0 Å². The fraction of sp³-hybridized carbons (Fsp3) is 0.143. The molecule has 3 heteroatoms. The number of hydrogen-bond donors (Lipinski definition) is 2. The van der Waals surface area contributed by atoms with Gasteiger partial charge in [-0.3, -0.25) is 0 Å². The Morgan fingerprint density at radius 1 is 1.06 bits per heavy atom. The van der Waals surface area contributed by atoms with Crippen molar-refractivity contribution in [2.24, 2.45) is 0 Å². The summed E-state index contributed by atoms with van der Waals surface area (Å²) in [6, 6.07) is 16.0. The van der Waals surface area contributed by atoms with Crippen LogP contribution in [0.4, 0.5) is 5.69 Å². The lowest BCUT2D eigenvalue weighted by Gasteiger charge is -2.11. The summed E-state index contributed by atoms with van der Waals surface area (Å²) in [5, 5.41) is 0.760. The summed E-state index contributed by atoms with van der Waals surface area (Å²) in [6.07, 6.45) is 0. The lowest BCUT2D eigenvalue weighted by molar-refractivity contribution is 0.800. The van der Waals surface area contributed by atoms with Crippen molar-refractivity contribution < 1.29 is 0 Å². The molecule has 0 aromatic heterocycles. The molecule has 0 spiro atoms. The number of benzene rings is 2. The molecule has 0 aliphatic rings. The third kappa shape index (κ3) is 3.48. The molecule has 0 amide bonds. The topological polar surface area (TPSA) is 24.1 Å². The Kier molecular flexibility index (Phi) is 4.02. The number of hydrazine groups is 1. The van der Waals surface area contributed by atoms with Gasteiger partial charge in [-0.15, -0.1) is 0 Å². The van der Waals surface area contributed by atoms with Crippen molar-refractivity contribution in [3.63, 3.8) is 0 Å². The minimum Gasteiger partial charge on any atom is -0.321 e. The Morgan fingerprint density at radius 3 is 2.53 bits per heavy atom. The Hall–Kier alpha value is -1.51. The van der Waals surface area contributed by atoms with Crippen molar-refractivity contribution in [2.45, 2.75) is 13.5 Å². The molecule has 0 heterocycles. The quantitative estimate of drug-likeness (QED) is 0.803. The fourth-order valence-electron chi connectivity index (χ4n) is 1.60. The van der Waals surface area contributed by atoms with Gasteiger partial charge >= 0.3 is 0 Å². The van der Waals surface area contributed by atoms with Gasteiger partial charge in [-0.1, -0.05) is 41.9 Å². The molecule has 17 heavy (non-hydrogen) atoms. The molecule has 0 saturated carbocycles. The van der Waals surface area contributed by atoms with Crippen LogP contribution < -0.4 is 10.9 Å². The molecule has 0 saturated heterocycles. The highest BCUT2D eigenvalue weighted by atomic mass is 35.5. The van der Waals surface area contributed by atoms with E-state index in [1.807, 2.05) is 43.3 Å². The predicted octanol–water partition coefficient (Wildman–Crippen LogP) is 3.77. The smallest absolute Gasteiger partial charge is 0.0517 e. The molecule has 2 N–H and O–H groups in total. The van der Waals surface area contributed by atoms with E-state index in [1.54, 1.807) is 0 Å². The van der Waals surface area contributed by atoms with Crippen LogP contribution in [0.2, 0.25) is 5.02 Å². The molecule has 0 radical (unpaired) electrons. The second-order valence-corrected chi connectivity index (χ2v) is 4.36. The Morgan fingerprint density at radius 2 is 1.82 bits per heavy atom. The monoisotopic (exact) mass is 246 g/mol. The molecule has 2 aromatic rings. The molecule has 2 rings (SSSR count). The number of aryl methyl sites for hydroxylation is 1. The van der Waals surface area contributed by atoms with Gasteiger partial charge in [-0.2, -0.15) is 0 Å². The summed E-state index contributed by atoms with van der Waals surface area (Å²) < 4.78 is 0. The van der Waals surface area contributed by atoms with Crippen LogP contribution >= 0.6 is 11.6 Å². The standard InChI is InChI=1S/C14H15ClN2/c1-11-9-13(15)7-8-14(11)17-16-10-12-5-3-2-4-6-12/h2-9,16-17H,10H2,1H3. The van der Waals surface area contributed by atoms with Crippen molar-refractivity contribution in [3.05, 3.63) is 64.7 Å². The maximum Gasteiger partial charge on any atom is 0.0517 e. The SMILES string of the molecule is Cc1cc(Cl)ccc1NNCc1ccccc1. The second-order valence-electron chi connectivity index (χ2n) is 3.92. The van der Waals surface area contributed by atoms with Crippen molar-refractivity contribution in [2.75, 3.05) is 5.43 Å². The minimum absolute atomic E-state index is 0.760. The molecule has 2 aromatic carbocycles. The molecule has 0 aliphatic carbocycles. The van der Waals surface area contributed by atoms with Crippen molar-refractivity contribution >= 4 is 17.3 Å². The zero-order valence-electron chi connectivity index (χ0n) is 9.70. The van der Waals surface area contributed by atoms with Gasteiger partial charge in [0.25, 0.3) is 0 Å². The van der Waals surface area contributed by atoms with Gasteiger partial charge in [-0.05, 0) is 36.2 Å². The molecular formula is C14H15ClN2. The number of halogens is 1. The number of anilines is 1. The summed E-state index contributed by atoms with van der Waals surface area (Å²) in [5.41, 5.74) is 9.78. The highest BCUT2D eigenvalue weighted by Crippen LogP contribution is 2.18. The van der Waals surface area contributed by atoms with Gasteiger partial charge in [0.2, 0.25) is 0 Å². The van der Waals surface area contributed by atoms with E-state index in [4.69, 9.17) is 11.6 Å². The average Bonchev–Trinajstić information content (AvgIpc) is 2.33. The molecule has 88 valence electrons. The average molecular weight is 247 g/mol. The summed E-state index contributed by atoms with van der Waals surface area (Å²) in [6.45, 7) is 2.81. The molecular weight excluding hydrogens is 232 g/mol. The van der Waals surface area contributed by atoms with Crippen LogP contribution in [0.5, 0.6) is 0 Å². The lowest BCUT2D eigenvalue weighted by atomic mass is 10.2. The van der Waals surface area contributed by atoms with E-state index in [9.17, 15) is 0 Å². The number of hydrogen-bond acceptors (Lipinski definition) is 2. The normalized spacial score (nSPS) is 10.2. The summed E-state index contributed by atoms with van der Waals surface area (Å²) in [7, 11) is 0. The van der Waals surface area contributed by atoms with Crippen LogP contribution in [0, 0.1) is 6.92 Å². The zero-order chi connectivity index (χ0) is 12.1.